The van der Waals surface area contributed by atoms with Crippen LogP contribution >= 0.6 is 0 Å². The third kappa shape index (κ3) is 5.07. The number of rotatable bonds is 8. The number of sulfonamides is 1. The quantitative estimate of drug-likeness (QED) is 0.169. The Labute approximate surface area is 221 Å². The number of benzene rings is 5. The highest BCUT2D eigenvalue weighted by Crippen LogP contribution is 2.28. The lowest BCUT2D eigenvalue weighted by atomic mass is 9.97. The average molecular weight is 524 g/mol. The van der Waals surface area contributed by atoms with Crippen LogP contribution in [-0.4, -0.2) is 34.2 Å². The van der Waals surface area contributed by atoms with Crippen molar-refractivity contribution in [1.29, 1.82) is 0 Å². The monoisotopic (exact) mass is 523 g/mol. The number of hydrogen-bond acceptors (Lipinski definition) is 5. The van der Waals surface area contributed by atoms with Gasteiger partial charge in [0.2, 0.25) is 0 Å². The van der Waals surface area contributed by atoms with Gasteiger partial charge in [-0.15, -0.1) is 0 Å². The molecule has 0 heterocycles. The van der Waals surface area contributed by atoms with E-state index in [-0.39, 0.29) is 4.90 Å². The molecule has 8 heteroatoms. The number of methoxy groups -OCH3 is 1. The topological polar surface area (TPSA) is 88.1 Å². The van der Waals surface area contributed by atoms with E-state index >= 15 is 0 Å². The molecule has 0 aliphatic rings. The maximum atomic E-state index is 13.5. The lowest BCUT2D eigenvalue weighted by molar-refractivity contribution is -0.119. The molecule has 0 bridgehead atoms. The zero-order chi connectivity index (χ0) is 26.5. The SMILES string of the molecule is COc1ccc(N(CC(=O)N/N=C\c2c3ccccc3cc3ccccc23)S(=O)(=O)c2ccccc2)cc1. The second-order valence-electron chi connectivity index (χ2n) is 8.55. The summed E-state index contributed by atoms with van der Waals surface area (Å²) >= 11 is 0. The fraction of sp³-hybridized carbons (Fsp3) is 0.0667. The first-order chi connectivity index (χ1) is 18.5. The van der Waals surface area contributed by atoms with E-state index in [9.17, 15) is 13.2 Å². The van der Waals surface area contributed by atoms with Gasteiger partial charge in [-0.2, -0.15) is 5.10 Å². The minimum Gasteiger partial charge on any atom is -0.497 e. The van der Waals surface area contributed by atoms with E-state index in [0.29, 0.717) is 11.4 Å². The van der Waals surface area contributed by atoms with Gasteiger partial charge < -0.3 is 4.74 Å². The molecule has 7 nitrogen and oxygen atoms in total. The summed E-state index contributed by atoms with van der Waals surface area (Å²) in [4.78, 5) is 13.1. The van der Waals surface area contributed by atoms with Crippen LogP contribution in [0.25, 0.3) is 21.5 Å². The Hall–Kier alpha value is -4.69. The molecule has 0 saturated carbocycles. The number of ether oxygens (including phenoxy) is 1. The largest absolute Gasteiger partial charge is 0.497 e. The minimum absolute atomic E-state index is 0.0781. The summed E-state index contributed by atoms with van der Waals surface area (Å²) in [6, 6.07) is 32.5. The third-order valence-electron chi connectivity index (χ3n) is 6.17. The molecule has 5 aromatic carbocycles. The van der Waals surface area contributed by atoms with Gasteiger partial charge in [0.1, 0.15) is 12.3 Å². The summed E-state index contributed by atoms with van der Waals surface area (Å²) in [5, 5.41) is 8.31. The molecule has 0 radical (unpaired) electrons. The van der Waals surface area contributed by atoms with Crippen LogP contribution in [0.5, 0.6) is 5.75 Å². The van der Waals surface area contributed by atoms with E-state index in [1.54, 1.807) is 48.7 Å². The predicted octanol–water partition coefficient (Wildman–Crippen LogP) is 5.35. The highest BCUT2D eigenvalue weighted by atomic mass is 32.2. The smallest absolute Gasteiger partial charge is 0.264 e. The summed E-state index contributed by atoms with van der Waals surface area (Å²) in [5.41, 5.74) is 3.70. The number of nitrogens with one attached hydrogen (secondary N) is 1. The molecule has 190 valence electrons. The number of carbonyl (C=O) groups is 1. The van der Waals surface area contributed by atoms with E-state index in [1.807, 2.05) is 48.5 Å². The highest BCUT2D eigenvalue weighted by molar-refractivity contribution is 7.92. The Bertz CT molecular complexity index is 1680. The Kier molecular flexibility index (Phi) is 7.06. The molecule has 0 aliphatic heterocycles. The predicted molar refractivity (Wildman–Crippen MR) is 151 cm³/mol. The fourth-order valence-electron chi connectivity index (χ4n) is 4.31. The van der Waals surface area contributed by atoms with Gasteiger partial charge in [-0.1, -0.05) is 66.7 Å². The molecule has 0 saturated heterocycles. The van der Waals surface area contributed by atoms with Gasteiger partial charge >= 0.3 is 0 Å². The second kappa shape index (κ2) is 10.7. The van der Waals surface area contributed by atoms with E-state index < -0.39 is 22.5 Å². The van der Waals surface area contributed by atoms with Gasteiger partial charge in [0.15, 0.2) is 0 Å². The lowest BCUT2D eigenvalue weighted by Gasteiger charge is -2.23. The van der Waals surface area contributed by atoms with Crippen LogP contribution in [0.4, 0.5) is 5.69 Å². The lowest BCUT2D eigenvalue weighted by Crippen LogP contribution is -2.39. The van der Waals surface area contributed by atoms with Gasteiger partial charge in [0.05, 0.1) is 23.9 Å². The molecule has 0 atom stereocenters. The molecule has 38 heavy (non-hydrogen) atoms. The van der Waals surface area contributed by atoms with Gasteiger partial charge in [0, 0.05) is 5.56 Å². The van der Waals surface area contributed by atoms with Gasteiger partial charge in [-0.25, -0.2) is 13.8 Å². The van der Waals surface area contributed by atoms with Crippen molar-refractivity contribution in [3.8, 4) is 5.75 Å². The molecule has 5 aromatic rings. The van der Waals surface area contributed by atoms with Crippen LogP contribution in [0.1, 0.15) is 5.56 Å². The van der Waals surface area contributed by atoms with Crippen LogP contribution in [0.2, 0.25) is 0 Å². The summed E-state index contributed by atoms with van der Waals surface area (Å²) in [6.07, 6.45) is 1.60. The van der Waals surface area contributed by atoms with Gasteiger partial charge in [-0.05, 0) is 64.0 Å². The molecular weight excluding hydrogens is 498 g/mol. The minimum atomic E-state index is -4.02. The average Bonchev–Trinajstić information content (AvgIpc) is 2.96. The number of fused-ring (bicyclic) bond motifs is 2. The number of hydrogen-bond donors (Lipinski definition) is 1. The summed E-state index contributed by atoms with van der Waals surface area (Å²) < 4.78 is 33.2. The first-order valence-corrected chi connectivity index (χ1v) is 13.4. The van der Waals surface area contributed by atoms with Crippen molar-refractivity contribution in [2.75, 3.05) is 18.0 Å². The number of amides is 1. The number of anilines is 1. The molecule has 1 amide bonds. The van der Waals surface area contributed by atoms with E-state index in [2.05, 4.69) is 16.6 Å². The Balaban J connectivity index is 1.44. The molecule has 0 aliphatic carbocycles. The van der Waals surface area contributed by atoms with E-state index in [4.69, 9.17) is 4.74 Å². The zero-order valence-corrected chi connectivity index (χ0v) is 21.4. The van der Waals surface area contributed by atoms with Crippen LogP contribution in [-0.2, 0) is 14.8 Å². The Morgan fingerprint density at radius 2 is 1.42 bits per heavy atom. The van der Waals surface area contributed by atoms with Crippen molar-refractivity contribution in [2.45, 2.75) is 4.90 Å². The Morgan fingerprint density at radius 3 is 2.03 bits per heavy atom. The molecule has 5 rings (SSSR count). The van der Waals surface area contributed by atoms with Crippen molar-refractivity contribution in [1.82, 2.24) is 5.43 Å². The molecule has 0 unspecified atom stereocenters. The molecule has 0 spiro atoms. The molecular formula is C30H25N3O4S. The number of nitrogens with zero attached hydrogens (tertiary/aromatic N) is 2. The zero-order valence-electron chi connectivity index (χ0n) is 20.6. The third-order valence-corrected chi connectivity index (χ3v) is 7.96. The number of hydrazone groups is 1. The summed E-state index contributed by atoms with van der Waals surface area (Å²) in [7, 11) is -2.50. The van der Waals surface area contributed by atoms with Crippen molar-refractivity contribution in [3.05, 3.63) is 115 Å². The van der Waals surface area contributed by atoms with Gasteiger partial charge in [0.25, 0.3) is 15.9 Å². The normalized spacial score (nSPS) is 11.6. The Morgan fingerprint density at radius 1 is 0.842 bits per heavy atom. The number of carbonyl (C=O) groups excluding carboxylic acids is 1. The molecule has 1 N–H and O–H groups in total. The van der Waals surface area contributed by atoms with Crippen LogP contribution in [0.15, 0.2) is 119 Å². The van der Waals surface area contributed by atoms with E-state index in [0.717, 1.165) is 31.4 Å². The second-order valence-corrected chi connectivity index (χ2v) is 10.4. The first-order valence-electron chi connectivity index (χ1n) is 11.9. The summed E-state index contributed by atoms with van der Waals surface area (Å²) in [6.45, 7) is -0.461. The molecule has 0 aromatic heterocycles. The van der Waals surface area contributed by atoms with Crippen molar-refractivity contribution in [3.63, 3.8) is 0 Å². The fourth-order valence-corrected chi connectivity index (χ4v) is 5.75. The molecule has 0 fully saturated rings. The van der Waals surface area contributed by atoms with Crippen LogP contribution in [0, 0.1) is 0 Å². The van der Waals surface area contributed by atoms with Gasteiger partial charge in [-0.3, -0.25) is 9.10 Å². The van der Waals surface area contributed by atoms with Crippen molar-refractivity contribution < 1.29 is 17.9 Å². The highest BCUT2D eigenvalue weighted by Gasteiger charge is 2.27. The van der Waals surface area contributed by atoms with Crippen molar-refractivity contribution in [2.24, 2.45) is 5.10 Å². The summed E-state index contributed by atoms with van der Waals surface area (Å²) in [5.74, 6) is -0.0108. The van der Waals surface area contributed by atoms with Crippen LogP contribution in [0.3, 0.4) is 0 Å². The van der Waals surface area contributed by atoms with Crippen molar-refractivity contribution >= 4 is 49.4 Å². The maximum Gasteiger partial charge on any atom is 0.264 e. The standard InChI is InChI=1S/C30H25N3O4S/c1-37-25-17-15-24(16-18-25)33(38(35,36)26-11-3-2-4-12-26)21-30(34)32-31-20-29-27-13-7-5-9-22(27)19-23-10-6-8-14-28(23)29/h2-20H,21H2,1H3,(H,32,34)/b31-20-. The van der Waals surface area contributed by atoms with Crippen LogP contribution < -0.4 is 14.5 Å². The van der Waals surface area contributed by atoms with E-state index in [1.165, 1.54) is 19.2 Å². The first kappa shape index (κ1) is 25.0. The maximum absolute atomic E-state index is 13.5.